The first-order chi connectivity index (χ1) is 19.1. The first-order valence-corrected chi connectivity index (χ1v) is 14.1. The van der Waals surface area contributed by atoms with Gasteiger partial charge in [0.15, 0.2) is 22.8 Å². The van der Waals surface area contributed by atoms with Gasteiger partial charge in [0.05, 0.1) is 11.2 Å². The zero-order valence-corrected chi connectivity index (χ0v) is 24.5. The van der Waals surface area contributed by atoms with E-state index in [4.69, 9.17) is 14.2 Å². The summed E-state index contributed by atoms with van der Waals surface area (Å²) in [4.78, 5) is 40.4. The van der Waals surface area contributed by atoms with Crippen LogP contribution < -0.4 is 9.47 Å². The van der Waals surface area contributed by atoms with Crippen molar-refractivity contribution in [1.82, 2.24) is 0 Å². The molecule has 2 fully saturated rings. The van der Waals surface area contributed by atoms with Crippen molar-refractivity contribution in [1.29, 1.82) is 0 Å². The molecule has 1 unspecified atom stereocenters. The molecule has 4 atom stereocenters. The summed E-state index contributed by atoms with van der Waals surface area (Å²) >= 11 is 0. The van der Waals surface area contributed by atoms with Crippen molar-refractivity contribution in [3.8, 4) is 17.2 Å². The summed E-state index contributed by atoms with van der Waals surface area (Å²) in [5.74, 6) is -2.29. The number of ketones is 2. The average Bonchev–Trinajstić information content (AvgIpc) is 3.03. The number of hydrogen-bond donors (Lipinski definition) is 2. The molecule has 0 aromatic heterocycles. The Kier molecular flexibility index (Phi) is 5.67. The third kappa shape index (κ3) is 3.52. The van der Waals surface area contributed by atoms with Crippen molar-refractivity contribution in [2.24, 2.45) is 11.8 Å². The van der Waals surface area contributed by atoms with Crippen molar-refractivity contribution < 1.29 is 38.8 Å². The minimum absolute atomic E-state index is 0.0513. The molecule has 0 radical (unpaired) electrons. The molecule has 3 aliphatic heterocycles. The van der Waals surface area contributed by atoms with Gasteiger partial charge in [0.25, 0.3) is 0 Å². The summed E-state index contributed by atoms with van der Waals surface area (Å²) in [6, 6.07) is 0. The molecule has 1 saturated heterocycles. The molecule has 0 amide bonds. The van der Waals surface area contributed by atoms with Gasteiger partial charge in [-0.3, -0.25) is 9.59 Å². The van der Waals surface area contributed by atoms with Crippen LogP contribution in [0.1, 0.15) is 82.8 Å². The van der Waals surface area contributed by atoms with E-state index in [2.05, 4.69) is 0 Å². The fourth-order valence-electron chi connectivity index (χ4n) is 7.44. The Balaban J connectivity index is 1.66. The van der Waals surface area contributed by atoms with E-state index >= 15 is 0 Å². The number of Topliss-reactive ketones (excluding diaryl/α,β-unsaturated/α-hetero) is 2. The van der Waals surface area contributed by atoms with Gasteiger partial charge in [0.1, 0.15) is 28.4 Å². The van der Waals surface area contributed by atoms with Gasteiger partial charge in [-0.2, -0.15) is 0 Å². The number of aliphatic carboxylic acids is 1. The molecule has 1 aromatic rings. The molecular weight excluding hydrogens is 524 g/mol. The Morgan fingerprint density at radius 3 is 2.44 bits per heavy atom. The van der Waals surface area contributed by atoms with Gasteiger partial charge >= 0.3 is 5.97 Å². The molecule has 8 nitrogen and oxygen atoms in total. The Morgan fingerprint density at radius 2 is 1.78 bits per heavy atom. The van der Waals surface area contributed by atoms with Crippen molar-refractivity contribution in [3.05, 3.63) is 57.7 Å². The Hall–Kier alpha value is -3.65. The average molecular weight is 561 g/mol. The van der Waals surface area contributed by atoms with Gasteiger partial charge < -0.3 is 24.4 Å². The Morgan fingerprint density at radius 1 is 1.07 bits per heavy atom. The number of hydrogen-bond acceptors (Lipinski definition) is 7. The lowest BCUT2D eigenvalue weighted by Crippen LogP contribution is -2.72. The molecule has 1 aromatic carbocycles. The van der Waals surface area contributed by atoms with Gasteiger partial charge in [-0.1, -0.05) is 23.8 Å². The molecular formula is C33H36O8. The largest absolute Gasteiger partial charge is 0.506 e. The van der Waals surface area contributed by atoms with E-state index in [0.29, 0.717) is 35.3 Å². The van der Waals surface area contributed by atoms with Crippen LogP contribution in [0.3, 0.4) is 0 Å². The molecule has 41 heavy (non-hydrogen) atoms. The number of allylic oxidation sites excluding steroid dienone is 3. The Bertz CT molecular complexity index is 1560. The first-order valence-electron chi connectivity index (χ1n) is 14.1. The number of carboxylic acid groups (broad SMARTS) is 1. The fourth-order valence-corrected chi connectivity index (χ4v) is 7.44. The number of ether oxygens (including phenoxy) is 3. The van der Waals surface area contributed by atoms with E-state index in [9.17, 15) is 24.6 Å². The van der Waals surface area contributed by atoms with Crippen LogP contribution in [0, 0.1) is 11.8 Å². The van der Waals surface area contributed by atoms with E-state index in [1.165, 1.54) is 13.0 Å². The maximum absolute atomic E-state index is 14.5. The van der Waals surface area contributed by atoms with Crippen LogP contribution in [0.15, 0.2) is 41.0 Å². The molecule has 7 rings (SSSR count). The van der Waals surface area contributed by atoms with Crippen molar-refractivity contribution in [2.45, 2.75) is 90.1 Å². The van der Waals surface area contributed by atoms with Gasteiger partial charge in [-0.05, 0) is 73.5 Å². The highest BCUT2D eigenvalue weighted by atomic mass is 16.6. The standard InChI is InChI=1S/C33H36O8/c1-16(2)8-9-20-26-19(11-12-30(4,5)39-26)24(34)23-25(35)21-14-18-15-22-31(6,7)41-32(28(18)36,13-10-17(3)29(37)38)33(21,22)40-27(20)23/h8,10-12,14,18,22,34H,9,13,15H2,1-7H3,(H,37,38)/b17-10+/t18-,22?,32-,33-/m1/s1. The van der Waals surface area contributed by atoms with Crippen molar-refractivity contribution >= 4 is 23.6 Å². The molecule has 8 heteroatoms. The topological polar surface area (TPSA) is 119 Å². The van der Waals surface area contributed by atoms with Crippen LogP contribution in [0.5, 0.6) is 17.2 Å². The third-order valence-electron chi connectivity index (χ3n) is 9.37. The third-order valence-corrected chi connectivity index (χ3v) is 9.37. The lowest BCUT2D eigenvalue weighted by atomic mass is 9.51. The van der Waals surface area contributed by atoms with E-state index in [-0.39, 0.29) is 40.8 Å². The molecule has 2 N–H and O–H groups in total. The van der Waals surface area contributed by atoms with E-state index < -0.39 is 40.1 Å². The lowest BCUT2D eigenvalue weighted by molar-refractivity contribution is -0.171. The Labute approximate surface area is 239 Å². The highest BCUT2D eigenvalue weighted by molar-refractivity contribution is 6.19. The lowest BCUT2D eigenvalue weighted by Gasteiger charge is -2.56. The number of benzene rings is 1. The second-order valence-electron chi connectivity index (χ2n) is 13.2. The van der Waals surface area contributed by atoms with E-state index in [0.717, 1.165) is 5.57 Å². The normalized spacial score (nSPS) is 31.4. The molecule has 216 valence electrons. The van der Waals surface area contributed by atoms with E-state index in [1.54, 1.807) is 12.2 Å². The number of aromatic hydroxyl groups is 1. The number of phenolic OH excluding ortho intramolecular Hbond substituents is 1. The van der Waals surface area contributed by atoms with Gasteiger partial charge in [0.2, 0.25) is 0 Å². The predicted octanol–water partition coefficient (Wildman–Crippen LogP) is 5.51. The molecule has 6 aliphatic rings. The molecule has 4 bridgehead atoms. The summed E-state index contributed by atoms with van der Waals surface area (Å²) in [6.07, 6.45) is 9.54. The van der Waals surface area contributed by atoms with E-state index in [1.807, 2.05) is 53.7 Å². The predicted molar refractivity (Wildman–Crippen MR) is 151 cm³/mol. The second-order valence-corrected chi connectivity index (χ2v) is 13.2. The summed E-state index contributed by atoms with van der Waals surface area (Å²) in [7, 11) is 0. The van der Waals surface area contributed by atoms with Crippen LogP contribution in [0.4, 0.5) is 0 Å². The van der Waals surface area contributed by atoms with Crippen LogP contribution in [0.2, 0.25) is 0 Å². The number of carboxylic acids is 1. The second kappa shape index (κ2) is 8.44. The SMILES string of the molecule is CC(C)=CCc1c2c(c(O)c3c1O[C@]14C(=C[C@@H]5CC1C(C)(C)O[C@]4(C/C=C(\C)C(=O)O)C5=O)C3=O)C=CC(C)(C)O2. The number of phenols is 1. The summed E-state index contributed by atoms with van der Waals surface area (Å²) < 4.78 is 20.1. The van der Waals surface area contributed by atoms with Crippen LogP contribution in [-0.2, 0) is 20.7 Å². The summed E-state index contributed by atoms with van der Waals surface area (Å²) in [5.41, 5.74) is -2.14. The summed E-state index contributed by atoms with van der Waals surface area (Å²) in [6.45, 7) is 13.0. The van der Waals surface area contributed by atoms with Crippen molar-refractivity contribution in [3.63, 3.8) is 0 Å². The molecule has 3 aliphatic carbocycles. The van der Waals surface area contributed by atoms with Gasteiger partial charge in [0, 0.05) is 35.0 Å². The number of carbonyl (C=O) groups is 3. The molecule has 1 saturated carbocycles. The number of carbonyl (C=O) groups excluding carboxylic acids is 2. The maximum atomic E-state index is 14.5. The van der Waals surface area contributed by atoms with Gasteiger partial charge in [-0.25, -0.2) is 4.79 Å². The number of fused-ring (bicyclic) bond motifs is 2. The fraction of sp³-hybridized carbons (Fsp3) is 0.485. The minimum Gasteiger partial charge on any atom is -0.506 e. The number of rotatable bonds is 5. The summed E-state index contributed by atoms with van der Waals surface area (Å²) in [5, 5.41) is 21.1. The van der Waals surface area contributed by atoms with Crippen LogP contribution in [-0.4, -0.2) is 50.2 Å². The van der Waals surface area contributed by atoms with Crippen molar-refractivity contribution in [2.75, 3.05) is 0 Å². The monoisotopic (exact) mass is 560 g/mol. The molecule has 1 spiro atoms. The zero-order chi connectivity index (χ0) is 29.9. The zero-order valence-electron chi connectivity index (χ0n) is 24.5. The first kappa shape index (κ1) is 27.5. The quantitative estimate of drug-likeness (QED) is 0.357. The van der Waals surface area contributed by atoms with Gasteiger partial charge in [-0.15, -0.1) is 0 Å². The van der Waals surface area contributed by atoms with Crippen LogP contribution >= 0.6 is 0 Å². The minimum atomic E-state index is -1.61. The maximum Gasteiger partial charge on any atom is 0.330 e. The highest BCUT2D eigenvalue weighted by Crippen LogP contribution is 2.68. The molecule has 3 heterocycles. The highest BCUT2D eigenvalue weighted by Gasteiger charge is 2.81. The van der Waals surface area contributed by atoms with Crippen LogP contribution in [0.25, 0.3) is 6.08 Å². The smallest absolute Gasteiger partial charge is 0.330 e.